The van der Waals surface area contributed by atoms with Crippen molar-refractivity contribution in [3.8, 4) is 11.1 Å². The second-order valence-electron chi connectivity index (χ2n) is 8.18. The molecule has 1 amide bonds. The van der Waals surface area contributed by atoms with E-state index < -0.39 is 6.10 Å². The van der Waals surface area contributed by atoms with E-state index in [0.717, 1.165) is 33.5 Å². The van der Waals surface area contributed by atoms with E-state index in [1.165, 1.54) is 0 Å². The number of hydrogen-bond donors (Lipinski definition) is 2. The number of benzene rings is 1. The molecule has 0 saturated carbocycles. The van der Waals surface area contributed by atoms with Gasteiger partial charge in [0.1, 0.15) is 5.69 Å². The van der Waals surface area contributed by atoms with Crippen molar-refractivity contribution in [2.24, 2.45) is 7.05 Å². The first kappa shape index (κ1) is 21.2. The molecule has 7 heteroatoms. The molecule has 7 nitrogen and oxygen atoms in total. The van der Waals surface area contributed by atoms with Gasteiger partial charge in [0.2, 0.25) is 0 Å². The monoisotopic (exact) mass is 420 g/mol. The third kappa shape index (κ3) is 4.84. The van der Waals surface area contributed by atoms with E-state index in [1.54, 1.807) is 6.20 Å². The van der Waals surface area contributed by atoms with Gasteiger partial charge in [0.25, 0.3) is 5.91 Å². The summed E-state index contributed by atoms with van der Waals surface area (Å²) < 4.78 is 7.05. The van der Waals surface area contributed by atoms with E-state index >= 15 is 0 Å². The van der Waals surface area contributed by atoms with Crippen molar-refractivity contribution < 1.29 is 14.6 Å². The molecule has 0 spiro atoms. The number of amides is 1. The maximum atomic E-state index is 12.7. The van der Waals surface area contributed by atoms with Crippen LogP contribution >= 0.6 is 0 Å². The first-order valence-corrected chi connectivity index (χ1v) is 10.5. The van der Waals surface area contributed by atoms with Gasteiger partial charge in [0, 0.05) is 31.6 Å². The lowest BCUT2D eigenvalue weighted by Crippen LogP contribution is -2.48. The largest absolute Gasteiger partial charge is 0.389 e. The maximum Gasteiger partial charge on any atom is 0.270 e. The van der Waals surface area contributed by atoms with Crippen LogP contribution in [0.5, 0.6) is 0 Å². The molecule has 2 N–H and O–H groups in total. The molecule has 3 heterocycles. The highest BCUT2D eigenvalue weighted by Gasteiger charge is 2.26. The minimum atomic E-state index is -0.690. The summed E-state index contributed by atoms with van der Waals surface area (Å²) in [6.45, 7) is 4.78. The molecular formula is C24H28N4O3. The Morgan fingerprint density at radius 1 is 1.29 bits per heavy atom. The number of aliphatic hydroxyl groups excluding tert-OH is 1. The highest BCUT2D eigenvalue weighted by molar-refractivity contribution is 5.92. The molecule has 3 aromatic rings. The predicted molar refractivity (Wildman–Crippen MR) is 118 cm³/mol. The first-order valence-electron chi connectivity index (χ1n) is 10.5. The molecule has 1 aromatic carbocycles. The quantitative estimate of drug-likeness (QED) is 0.662. The Bertz CT molecular complexity index is 1070. The van der Waals surface area contributed by atoms with Crippen molar-refractivity contribution in [2.75, 3.05) is 13.2 Å². The van der Waals surface area contributed by atoms with Crippen molar-refractivity contribution in [1.82, 2.24) is 20.1 Å². The summed E-state index contributed by atoms with van der Waals surface area (Å²) >= 11 is 0. The summed E-state index contributed by atoms with van der Waals surface area (Å²) in [6, 6.07) is 9.97. The van der Waals surface area contributed by atoms with Gasteiger partial charge in [0.05, 0.1) is 24.4 Å². The lowest BCUT2D eigenvalue weighted by Gasteiger charge is -2.28. The topological polar surface area (TPSA) is 89.3 Å². The lowest BCUT2D eigenvalue weighted by molar-refractivity contribution is -0.0261. The third-order valence-corrected chi connectivity index (χ3v) is 5.76. The molecule has 1 aliphatic heterocycles. The van der Waals surface area contributed by atoms with Gasteiger partial charge in [-0.3, -0.25) is 14.5 Å². The Kier molecular flexibility index (Phi) is 6.15. The van der Waals surface area contributed by atoms with Gasteiger partial charge < -0.3 is 15.2 Å². The van der Waals surface area contributed by atoms with Crippen molar-refractivity contribution in [3.05, 3.63) is 70.8 Å². The minimum absolute atomic E-state index is 0.242. The molecule has 0 radical (unpaired) electrons. The van der Waals surface area contributed by atoms with Crippen LogP contribution in [0.15, 0.2) is 42.7 Å². The van der Waals surface area contributed by atoms with Crippen molar-refractivity contribution in [3.63, 3.8) is 0 Å². The van der Waals surface area contributed by atoms with Gasteiger partial charge in [-0.25, -0.2) is 0 Å². The average molecular weight is 421 g/mol. The molecule has 1 fully saturated rings. The van der Waals surface area contributed by atoms with Crippen molar-refractivity contribution >= 4 is 5.91 Å². The highest BCUT2D eigenvalue weighted by Crippen LogP contribution is 2.24. The summed E-state index contributed by atoms with van der Waals surface area (Å²) in [7, 11) is 1.92. The van der Waals surface area contributed by atoms with Crippen LogP contribution in [-0.2, 0) is 18.2 Å². The number of aryl methyl sites for hydroxylation is 3. The fourth-order valence-electron chi connectivity index (χ4n) is 3.92. The average Bonchev–Trinajstić information content (AvgIpc) is 3.09. The molecular weight excluding hydrogens is 392 g/mol. The fourth-order valence-corrected chi connectivity index (χ4v) is 3.92. The number of nitrogens with zero attached hydrogens (tertiary/aromatic N) is 3. The van der Waals surface area contributed by atoms with E-state index in [9.17, 15) is 9.90 Å². The SMILES string of the molecule is Cc1cnc(C(=O)N[C@H]2CCOC[C@@H]2O)cc1Cc1ccc(-c2cn(C)nc2C)cc1. The van der Waals surface area contributed by atoms with E-state index in [0.29, 0.717) is 25.1 Å². The number of ether oxygens (including phenoxy) is 1. The number of aliphatic hydroxyl groups is 1. The van der Waals surface area contributed by atoms with Crippen molar-refractivity contribution in [1.29, 1.82) is 0 Å². The molecule has 2 atom stereocenters. The zero-order chi connectivity index (χ0) is 22.0. The number of hydrogen-bond acceptors (Lipinski definition) is 5. The van der Waals surface area contributed by atoms with Crippen molar-refractivity contribution in [2.45, 2.75) is 38.8 Å². The summed E-state index contributed by atoms with van der Waals surface area (Å²) in [4.78, 5) is 17.0. The van der Waals surface area contributed by atoms with Crippen LogP contribution < -0.4 is 5.32 Å². The predicted octanol–water partition coefficient (Wildman–Crippen LogP) is 2.57. The van der Waals surface area contributed by atoms with E-state index in [2.05, 4.69) is 39.7 Å². The van der Waals surface area contributed by atoms with E-state index in [4.69, 9.17) is 4.74 Å². The Morgan fingerprint density at radius 2 is 2.06 bits per heavy atom. The minimum Gasteiger partial charge on any atom is -0.389 e. The molecule has 162 valence electrons. The van der Waals surface area contributed by atoms with Gasteiger partial charge in [-0.15, -0.1) is 0 Å². The standard InChI is InChI=1S/C24H28N4O3/c1-15-12-25-22(24(30)26-21-8-9-31-14-23(21)29)11-19(15)10-17-4-6-18(7-5-17)20-13-28(3)27-16(20)2/h4-7,11-13,21,23,29H,8-10,14H2,1-3H3,(H,26,30)/t21-,23-/m0/s1. The van der Waals surface area contributed by atoms with Gasteiger partial charge in [-0.05, 0) is 55.0 Å². The second kappa shape index (κ2) is 8.99. The molecule has 2 aromatic heterocycles. The van der Waals surface area contributed by atoms with E-state index in [1.807, 2.05) is 37.8 Å². The van der Waals surface area contributed by atoms with Crippen LogP contribution in [0.1, 0.15) is 39.3 Å². The third-order valence-electron chi connectivity index (χ3n) is 5.76. The molecule has 0 bridgehead atoms. The Balaban J connectivity index is 1.48. The van der Waals surface area contributed by atoms with Gasteiger partial charge in [-0.1, -0.05) is 24.3 Å². The smallest absolute Gasteiger partial charge is 0.270 e. The molecule has 0 aliphatic carbocycles. The molecule has 1 saturated heterocycles. The Morgan fingerprint density at radius 3 is 2.74 bits per heavy atom. The zero-order valence-corrected chi connectivity index (χ0v) is 18.1. The maximum absolute atomic E-state index is 12.7. The number of carbonyl (C=O) groups is 1. The normalized spacial score (nSPS) is 18.7. The van der Waals surface area contributed by atoms with Crippen LogP contribution in [0, 0.1) is 13.8 Å². The number of nitrogens with one attached hydrogen (secondary N) is 1. The molecule has 4 rings (SSSR count). The molecule has 0 unspecified atom stereocenters. The summed E-state index contributed by atoms with van der Waals surface area (Å²) in [5, 5.41) is 17.3. The number of carbonyl (C=O) groups excluding carboxylic acids is 1. The van der Waals surface area contributed by atoms with Crippen LogP contribution in [0.2, 0.25) is 0 Å². The van der Waals surface area contributed by atoms with Crippen LogP contribution in [0.25, 0.3) is 11.1 Å². The van der Waals surface area contributed by atoms with Gasteiger partial charge in [-0.2, -0.15) is 5.10 Å². The van der Waals surface area contributed by atoms with Crippen LogP contribution in [-0.4, -0.2) is 51.1 Å². The first-order chi connectivity index (χ1) is 14.9. The zero-order valence-electron chi connectivity index (χ0n) is 18.1. The van der Waals surface area contributed by atoms with E-state index in [-0.39, 0.29) is 18.6 Å². The van der Waals surface area contributed by atoms with Gasteiger partial charge >= 0.3 is 0 Å². The Hall–Kier alpha value is -3.03. The number of rotatable bonds is 5. The highest BCUT2D eigenvalue weighted by atomic mass is 16.5. The Labute approximate surface area is 182 Å². The second-order valence-corrected chi connectivity index (χ2v) is 8.18. The summed E-state index contributed by atoms with van der Waals surface area (Å²) in [5.74, 6) is -0.269. The molecule has 1 aliphatic rings. The number of pyridine rings is 1. The summed E-state index contributed by atoms with van der Waals surface area (Å²) in [5.41, 5.74) is 6.88. The molecule has 31 heavy (non-hydrogen) atoms. The fraction of sp³-hybridized carbons (Fsp3) is 0.375. The summed E-state index contributed by atoms with van der Waals surface area (Å²) in [6.07, 6.45) is 4.37. The van der Waals surface area contributed by atoms with Crippen LogP contribution in [0.4, 0.5) is 0 Å². The van der Waals surface area contributed by atoms with Crippen LogP contribution in [0.3, 0.4) is 0 Å². The van der Waals surface area contributed by atoms with Gasteiger partial charge in [0.15, 0.2) is 0 Å². The lowest BCUT2D eigenvalue weighted by atomic mass is 9.98. The number of aromatic nitrogens is 3.